The van der Waals surface area contributed by atoms with E-state index in [-0.39, 0.29) is 0 Å². The van der Waals surface area contributed by atoms with E-state index < -0.39 is 5.60 Å². The highest BCUT2D eigenvalue weighted by molar-refractivity contribution is 5.51. The zero-order chi connectivity index (χ0) is 12.6. The molecule has 0 saturated carbocycles. The minimum absolute atomic E-state index is 0.638. The Morgan fingerprint density at radius 3 is 2.53 bits per heavy atom. The lowest BCUT2D eigenvalue weighted by atomic mass is 9.86. The van der Waals surface area contributed by atoms with Gasteiger partial charge in [-0.25, -0.2) is 0 Å². The van der Waals surface area contributed by atoms with E-state index in [1.54, 1.807) is 7.11 Å². The number of hydrogen-bond donors (Lipinski definition) is 2. The van der Waals surface area contributed by atoms with Crippen LogP contribution in [0.4, 0.5) is 0 Å². The third-order valence-corrected chi connectivity index (χ3v) is 3.86. The van der Waals surface area contributed by atoms with Crippen LogP contribution in [0.25, 0.3) is 0 Å². The summed E-state index contributed by atoms with van der Waals surface area (Å²) in [5.74, 6) is 0.931. The number of rotatable bonds is 2. The average Bonchev–Trinajstić information content (AvgIpc) is 2.72. The predicted molar refractivity (Wildman–Crippen MR) is 68.6 cm³/mol. The van der Waals surface area contributed by atoms with Gasteiger partial charge >= 0.3 is 0 Å². The van der Waals surface area contributed by atoms with Crippen molar-refractivity contribution in [3.63, 3.8) is 0 Å². The maximum atomic E-state index is 10.7. The summed E-state index contributed by atoms with van der Waals surface area (Å²) in [4.78, 5) is 0. The van der Waals surface area contributed by atoms with E-state index in [0.717, 1.165) is 41.0 Å². The first-order chi connectivity index (χ1) is 7.99. The highest BCUT2D eigenvalue weighted by Gasteiger charge is 2.35. The van der Waals surface area contributed by atoms with E-state index >= 15 is 0 Å². The van der Waals surface area contributed by atoms with Crippen LogP contribution in [0, 0.1) is 20.8 Å². The molecule has 0 aliphatic carbocycles. The van der Waals surface area contributed by atoms with Crippen molar-refractivity contribution < 1.29 is 9.84 Å². The van der Waals surface area contributed by atoms with Crippen molar-refractivity contribution in [1.29, 1.82) is 0 Å². The third kappa shape index (κ3) is 1.94. The molecule has 1 saturated heterocycles. The van der Waals surface area contributed by atoms with Crippen molar-refractivity contribution in [3.05, 3.63) is 28.3 Å². The largest absolute Gasteiger partial charge is 0.496 e. The molecule has 1 aliphatic rings. The Labute approximate surface area is 103 Å². The zero-order valence-corrected chi connectivity index (χ0v) is 11.1. The number of aliphatic hydroxyl groups is 1. The second-order valence-electron chi connectivity index (χ2n) is 4.98. The fraction of sp³-hybridized carbons (Fsp3) is 0.571. The lowest BCUT2D eigenvalue weighted by molar-refractivity contribution is 0.0579. The highest BCUT2D eigenvalue weighted by Crippen LogP contribution is 2.36. The van der Waals surface area contributed by atoms with E-state index in [4.69, 9.17) is 4.74 Å². The first-order valence-electron chi connectivity index (χ1n) is 6.08. The molecule has 1 heterocycles. The molecule has 0 bridgehead atoms. The summed E-state index contributed by atoms with van der Waals surface area (Å²) in [5, 5.41) is 13.9. The van der Waals surface area contributed by atoms with Crippen LogP contribution >= 0.6 is 0 Å². The van der Waals surface area contributed by atoms with E-state index in [9.17, 15) is 5.11 Å². The maximum Gasteiger partial charge on any atom is 0.124 e. The van der Waals surface area contributed by atoms with Gasteiger partial charge in [0.1, 0.15) is 11.4 Å². The Bertz CT molecular complexity index is 434. The molecule has 94 valence electrons. The van der Waals surface area contributed by atoms with E-state index in [0.29, 0.717) is 6.54 Å². The standard InChI is InChI=1S/C14H21NO2/c1-9-7-12(14(16)5-6-15-8-14)10(2)11(3)13(9)17-4/h7,15-16H,5-6,8H2,1-4H3. The van der Waals surface area contributed by atoms with Gasteiger partial charge in [-0.15, -0.1) is 0 Å². The van der Waals surface area contributed by atoms with Crippen LogP contribution < -0.4 is 10.1 Å². The predicted octanol–water partition coefficient (Wildman–Crippen LogP) is 1.80. The van der Waals surface area contributed by atoms with Crippen LogP contribution in [-0.2, 0) is 5.60 Å². The molecule has 1 aliphatic heterocycles. The molecular weight excluding hydrogens is 214 g/mol. The van der Waals surface area contributed by atoms with Crippen molar-refractivity contribution in [3.8, 4) is 5.75 Å². The molecule has 0 aromatic heterocycles. The molecule has 1 aromatic rings. The van der Waals surface area contributed by atoms with E-state index in [2.05, 4.69) is 25.2 Å². The third-order valence-electron chi connectivity index (χ3n) is 3.86. The average molecular weight is 235 g/mol. The molecule has 1 atom stereocenters. The van der Waals surface area contributed by atoms with Crippen LogP contribution in [-0.4, -0.2) is 25.3 Å². The molecule has 3 heteroatoms. The second kappa shape index (κ2) is 4.31. The highest BCUT2D eigenvalue weighted by atomic mass is 16.5. The van der Waals surface area contributed by atoms with Gasteiger partial charge in [-0.1, -0.05) is 0 Å². The van der Waals surface area contributed by atoms with Crippen molar-refractivity contribution in [2.45, 2.75) is 32.8 Å². The number of hydrogen-bond acceptors (Lipinski definition) is 3. The number of β-amino-alcohol motifs (C(OH)–C–C–N with tert-alkyl or cyclic N) is 1. The molecule has 3 nitrogen and oxygen atoms in total. The Morgan fingerprint density at radius 1 is 1.29 bits per heavy atom. The zero-order valence-electron chi connectivity index (χ0n) is 11.1. The number of nitrogens with one attached hydrogen (secondary N) is 1. The quantitative estimate of drug-likeness (QED) is 0.821. The molecule has 2 N–H and O–H groups in total. The van der Waals surface area contributed by atoms with Crippen molar-refractivity contribution in [2.24, 2.45) is 0 Å². The van der Waals surface area contributed by atoms with E-state index in [1.165, 1.54) is 0 Å². The Morgan fingerprint density at radius 2 is 2.00 bits per heavy atom. The summed E-state index contributed by atoms with van der Waals surface area (Å²) in [6.07, 6.45) is 0.777. The van der Waals surface area contributed by atoms with Gasteiger partial charge in [-0.3, -0.25) is 0 Å². The minimum Gasteiger partial charge on any atom is -0.496 e. The SMILES string of the molecule is COc1c(C)cc(C2(O)CCNC2)c(C)c1C. The van der Waals surface area contributed by atoms with Gasteiger partial charge in [0.05, 0.1) is 7.11 Å². The van der Waals surface area contributed by atoms with Gasteiger partial charge in [-0.2, -0.15) is 0 Å². The van der Waals surface area contributed by atoms with Crippen LogP contribution in [0.15, 0.2) is 6.07 Å². The summed E-state index contributed by atoms with van der Waals surface area (Å²) in [7, 11) is 1.69. The van der Waals surface area contributed by atoms with Gasteiger partial charge in [-0.05, 0) is 62.1 Å². The van der Waals surface area contributed by atoms with Crippen LogP contribution in [0.1, 0.15) is 28.7 Å². The Hall–Kier alpha value is -1.06. The summed E-state index contributed by atoms with van der Waals surface area (Å²) in [6, 6.07) is 2.06. The van der Waals surface area contributed by atoms with Gasteiger partial charge in [0.15, 0.2) is 0 Å². The Kier molecular flexibility index (Phi) is 3.15. The lowest BCUT2D eigenvalue weighted by Crippen LogP contribution is -2.29. The van der Waals surface area contributed by atoms with Gasteiger partial charge < -0.3 is 15.2 Å². The second-order valence-corrected chi connectivity index (χ2v) is 4.98. The number of ether oxygens (including phenoxy) is 1. The number of methoxy groups -OCH3 is 1. The van der Waals surface area contributed by atoms with Crippen molar-refractivity contribution in [2.75, 3.05) is 20.2 Å². The fourth-order valence-electron chi connectivity index (χ4n) is 2.76. The monoisotopic (exact) mass is 235 g/mol. The van der Waals surface area contributed by atoms with Gasteiger partial charge in [0.2, 0.25) is 0 Å². The summed E-state index contributed by atoms with van der Waals surface area (Å²) in [6.45, 7) is 7.65. The summed E-state index contributed by atoms with van der Waals surface area (Å²) in [5.41, 5.74) is 3.68. The molecule has 0 radical (unpaired) electrons. The normalized spacial score (nSPS) is 24.1. The van der Waals surface area contributed by atoms with E-state index in [1.807, 2.05) is 6.92 Å². The lowest BCUT2D eigenvalue weighted by Gasteiger charge is -2.26. The topological polar surface area (TPSA) is 41.5 Å². The minimum atomic E-state index is -0.716. The van der Waals surface area contributed by atoms with Crippen LogP contribution in [0.3, 0.4) is 0 Å². The molecule has 17 heavy (non-hydrogen) atoms. The van der Waals surface area contributed by atoms with Crippen molar-refractivity contribution >= 4 is 0 Å². The first kappa shape index (κ1) is 12.4. The Balaban J connectivity index is 2.56. The summed E-state index contributed by atoms with van der Waals surface area (Å²) < 4.78 is 5.41. The maximum absolute atomic E-state index is 10.7. The molecule has 1 fully saturated rings. The molecule has 0 amide bonds. The molecule has 2 rings (SSSR count). The number of benzene rings is 1. The summed E-state index contributed by atoms with van der Waals surface area (Å²) >= 11 is 0. The van der Waals surface area contributed by atoms with Gasteiger partial charge in [0.25, 0.3) is 0 Å². The number of aryl methyl sites for hydroxylation is 1. The first-order valence-corrected chi connectivity index (χ1v) is 6.08. The molecule has 0 spiro atoms. The van der Waals surface area contributed by atoms with Crippen molar-refractivity contribution in [1.82, 2.24) is 5.32 Å². The molecule has 1 aromatic carbocycles. The smallest absolute Gasteiger partial charge is 0.124 e. The molecular formula is C14H21NO2. The molecule has 1 unspecified atom stereocenters. The van der Waals surface area contributed by atoms with Crippen LogP contribution in [0.5, 0.6) is 5.75 Å². The van der Waals surface area contributed by atoms with Crippen LogP contribution in [0.2, 0.25) is 0 Å². The van der Waals surface area contributed by atoms with Gasteiger partial charge in [0, 0.05) is 6.54 Å². The fourth-order valence-corrected chi connectivity index (χ4v) is 2.76.